The molecule has 5 aromatic carbocycles. The molecule has 0 unspecified atom stereocenters. The highest BCUT2D eigenvalue weighted by atomic mass is 35.5. The molecule has 0 atom stereocenters. The minimum absolute atomic E-state index is 0.0262. The van der Waals surface area contributed by atoms with Gasteiger partial charge in [-0.05, 0) is 115 Å². The maximum absolute atomic E-state index is 14.0. The SMILES string of the molecule is O=S(=O)(c1cccc(CCCOCCOCc2ccccc2)c1)N1CCC(n2c(C3CC3)nc3ccc(C(c4ccc(Cl)cc4)c4ccc(Cl)cc4)cc32)CC1. The highest BCUT2D eigenvalue weighted by molar-refractivity contribution is 7.89. The van der Waals surface area contributed by atoms with Gasteiger partial charge in [0.05, 0.1) is 35.7 Å². The molecule has 1 aliphatic carbocycles. The van der Waals surface area contributed by atoms with E-state index in [1.807, 2.05) is 72.8 Å². The lowest BCUT2D eigenvalue weighted by Crippen LogP contribution is -2.39. The van der Waals surface area contributed by atoms with E-state index in [2.05, 4.69) is 47.0 Å². The predicted octanol–water partition coefficient (Wildman–Crippen LogP) is 10.6. The van der Waals surface area contributed by atoms with Crippen molar-refractivity contribution in [2.75, 3.05) is 32.9 Å². The van der Waals surface area contributed by atoms with Crippen molar-refractivity contribution in [3.63, 3.8) is 0 Å². The van der Waals surface area contributed by atoms with Gasteiger partial charge in [0.15, 0.2) is 0 Å². The average molecular weight is 809 g/mol. The zero-order chi connectivity index (χ0) is 38.5. The Bertz CT molecular complexity index is 2290. The van der Waals surface area contributed by atoms with Crippen LogP contribution in [0.4, 0.5) is 0 Å². The zero-order valence-electron chi connectivity index (χ0n) is 31.4. The summed E-state index contributed by atoms with van der Waals surface area (Å²) < 4.78 is 43.6. The first-order valence-electron chi connectivity index (χ1n) is 19.6. The Morgan fingerprint density at radius 1 is 0.679 bits per heavy atom. The Morgan fingerprint density at radius 3 is 2.00 bits per heavy atom. The van der Waals surface area contributed by atoms with Crippen molar-refractivity contribution in [2.24, 2.45) is 0 Å². The molecule has 7 nitrogen and oxygen atoms in total. The number of aromatic nitrogens is 2. The molecular weight excluding hydrogens is 761 g/mol. The number of ether oxygens (including phenoxy) is 2. The highest BCUT2D eigenvalue weighted by Gasteiger charge is 2.36. The van der Waals surface area contributed by atoms with Crippen molar-refractivity contribution < 1.29 is 17.9 Å². The molecule has 2 aliphatic rings. The minimum atomic E-state index is -3.65. The predicted molar refractivity (Wildman–Crippen MR) is 224 cm³/mol. The number of hydrogen-bond donors (Lipinski definition) is 0. The van der Waals surface area contributed by atoms with Gasteiger partial charge < -0.3 is 14.0 Å². The number of piperidine rings is 1. The third-order valence-electron chi connectivity index (χ3n) is 11.0. The van der Waals surface area contributed by atoms with Crippen molar-refractivity contribution in [2.45, 2.75) is 67.9 Å². The maximum Gasteiger partial charge on any atom is 0.243 e. The van der Waals surface area contributed by atoms with Gasteiger partial charge in [-0.3, -0.25) is 0 Å². The number of benzene rings is 5. The molecule has 1 saturated heterocycles. The second-order valence-corrected chi connectivity index (χ2v) is 17.7. The van der Waals surface area contributed by atoms with E-state index in [-0.39, 0.29) is 12.0 Å². The first-order chi connectivity index (χ1) is 27.3. The average Bonchev–Trinajstić information content (AvgIpc) is 4.01. The first kappa shape index (κ1) is 38.8. The van der Waals surface area contributed by atoms with Crippen LogP contribution in [0.2, 0.25) is 10.0 Å². The Morgan fingerprint density at radius 2 is 1.32 bits per heavy atom. The smallest absolute Gasteiger partial charge is 0.243 e. The fraction of sp³-hybridized carbons (Fsp3) is 0.326. The van der Waals surface area contributed by atoms with Crippen LogP contribution in [0.5, 0.6) is 0 Å². The fourth-order valence-electron chi connectivity index (χ4n) is 7.92. The van der Waals surface area contributed by atoms with E-state index < -0.39 is 10.0 Å². The van der Waals surface area contributed by atoms with E-state index in [1.54, 1.807) is 10.4 Å². The summed E-state index contributed by atoms with van der Waals surface area (Å²) in [5.74, 6) is 1.54. The van der Waals surface area contributed by atoms with Crippen molar-refractivity contribution in [1.29, 1.82) is 0 Å². The van der Waals surface area contributed by atoms with Gasteiger partial charge in [-0.1, -0.05) is 96.0 Å². The Labute approximate surface area is 340 Å². The summed E-state index contributed by atoms with van der Waals surface area (Å²) in [5.41, 5.74) is 7.66. The topological polar surface area (TPSA) is 73.7 Å². The van der Waals surface area contributed by atoms with Crippen LogP contribution in [-0.2, 0) is 32.5 Å². The second-order valence-electron chi connectivity index (χ2n) is 14.9. The summed E-state index contributed by atoms with van der Waals surface area (Å²) in [7, 11) is -3.65. The lowest BCUT2D eigenvalue weighted by Gasteiger charge is -2.33. The first-order valence-corrected chi connectivity index (χ1v) is 21.8. The Balaban J connectivity index is 0.933. The summed E-state index contributed by atoms with van der Waals surface area (Å²) in [6, 6.07) is 40.4. The molecule has 0 amide bonds. The normalized spacial score (nSPS) is 15.6. The lowest BCUT2D eigenvalue weighted by atomic mass is 9.85. The largest absolute Gasteiger partial charge is 0.379 e. The van der Waals surface area contributed by atoms with E-state index in [0.717, 1.165) is 83.2 Å². The summed E-state index contributed by atoms with van der Waals surface area (Å²) >= 11 is 12.6. The van der Waals surface area contributed by atoms with Crippen LogP contribution >= 0.6 is 23.2 Å². The molecule has 0 spiro atoms. The van der Waals surface area contributed by atoms with Gasteiger partial charge in [-0.15, -0.1) is 0 Å². The van der Waals surface area contributed by atoms with E-state index >= 15 is 0 Å². The van der Waals surface area contributed by atoms with Gasteiger partial charge in [0.25, 0.3) is 0 Å². The minimum Gasteiger partial charge on any atom is -0.379 e. The van der Waals surface area contributed by atoms with Crippen LogP contribution in [0.1, 0.15) is 83.6 Å². The van der Waals surface area contributed by atoms with E-state index in [0.29, 0.717) is 60.4 Å². The quantitative estimate of drug-likeness (QED) is 0.0719. The monoisotopic (exact) mass is 807 g/mol. The van der Waals surface area contributed by atoms with Gasteiger partial charge in [0.1, 0.15) is 5.82 Å². The molecule has 2 fully saturated rings. The van der Waals surface area contributed by atoms with Crippen LogP contribution < -0.4 is 0 Å². The van der Waals surface area contributed by atoms with Crippen molar-refractivity contribution in [1.82, 2.24) is 13.9 Å². The maximum atomic E-state index is 14.0. The summed E-state index contributed by atoms with van der Waals surface area (Å²) in [6.45, 7) is 3.15. The molecule has 10 heteroatoms. The summed E-state index contributed by atoms with van der Waals surface area (Å²) in [5, 5.41) is 1.40. The molecule has 56 heavy (non-hydrogen) atoms. The molecule has 0 N–H and O–H groups in total. The zero-order valence-corrected chi connectivity index (χ0v) is 33.7. The van der Waals surface area contributed by atoms with Gasteiger partial charge in [-0.2, -0.15) is 4.31 Å². The van der Waals surface area contributed by atoms with Crippen LogP contribution in [-0.4, -0.2) is 55.2 Å². The van der Waals surface area contributed by atoms with E-state index in [1.165, 1.54) is 0 Å². The third-order valence-corrected chi connectivity index (χ3v) is 13.4. The molecule has 0 radical (unpaired) electrons. The van der Waals surface area contributed by atoms with Gasteiger partial charge in [0.2, 0.25) is 10.0 Å². The molecular formula is C46H47Cl2N3O4S. The molecule has 1 aromatic heterocycles. The standard InChI is InChI=1S/C46H47Cl2N3O4S/c47-39-18-13-35(14-19-39)45(36-15-20-40(48)21-16-36)38-17-22-43-44(31-38)51(46(49-43)37-11-12-37)41-23-25-50(26-24-41)56(52,53)42-10-4-8-33(30-42)9-5-27-54-28-29-55-32-34-6-2-1-3-7-34/h1-4,6-8,10,13-22,30-31,37,41,45H,5,9,11-12,23-29,32H2. The Hall–Kier alpha value is -4.02. The van der Waals surface area contributed by atoms with Crippen molar-refractivity contribution in [3.8, 4) is 0 Å². The van der Waals surface area contributed by atoms with E-state index in [4.69, 9.17) is 37.7 Å². The van der Waals surface area contributed by atoms with E-state index in [9.17, 15) is 8.42 Å². The van der Waals surface area contributed by atoms with Gasteiger partial charge >= 0.3 is 0 Å². The number of sulfonamides is 1. The number of imidazole rings is 1. The molecule has 6 aromatic rings. The number of nitrogens with zero attached hydrogens (tertiary/aromatic N) is 3. The summed E-state index contributed by atoms with van der Waals surface area (Å²) in [4.78, 5) is 5.54. The molecule has 1 saturated carbocycles. The van der Waals surface area contributed by atoms with Crippen LogP contribution in [0, 0.1) is 0 Å². The van der Waals surface area contributed by atoms with Gasteiger partial charge in [-0.25, -0.2) is 13.4 Å². The Kier molecular flexibility index (Phi) is 12.2. The third kappa shape index (κ3) is 9.07. The van der Waals surface area contributed by atoms with Crippen molar-refractivity contribution >= 4 is 44.3 Å². The summed E-state index contributed by atoms with van der Waals surface area (Å²) in [6.07, 6.45) is 5.25. The number of hydrogen-bond acceptors (Lipinski definition) is 5. The molecule has 2 heterocycles. The highest BCUT2D eigenvalue weighted by Crippen LogP contribution is 2.44. The molecule has 290 valence electrons. The van der Waals surface area contributed by atoms with Crippen LogP contribution in [0.3, 0.4) is 0 Å². The lowest BCUT2D eigenvalue weighted by molar-refractivity contribution is 0.0399. The number of halogens is 2. The number of rotatable bonds is 16. The molecule has 0 bridgehead atoms. The van der Waals surface area contributed by atoms with Crippen LogP contribution in [0.15, 0.2) is 126 Å². The molecule has 1 aliphatic heterocycles. The van der Waals surface area contributed by atoms with Crippen LogP contribution in [0.25, 0.3) is 11.0 Å². The van der Waals surface area contributed by atoms with Gasteiger partial charge in [0, 0.05) is 47.6 Å². The fourth-order valence-corrected chi connectivity index (χ4v) is 9.72. The molecule has 8 rings (SSSR count). The second kappa shape index (κ2) is 17.6. The number of aryl methyl sites for hydroxylation is 1. The van der Waals surface area contributed by atoms with Crippen molar-refractivity contribution in [3.05, 3.63) is 165 Å². The number of fused-ring (bicyclic) bond motifs is 1.